The topological polar surface area (TPSA) is 76.4 Å². The third kappa shape index (κ3) is 4.17. The number of benzene rings is 3. The van der Waals surface area contributed by atoms with Crippen LogP contribution in [0.1, 0.15) is 15.9 Å². The van der Waals surface area contributed by atoms with E-state index in [-0.39, 0.29) is 5.56 Å². The highest BCUT2D eigenvalue weighted by atomic mass is 16.5. The molecular formula is C23H19N3O3. The van der Waals surface area contributed by atoms with Gasteiger partial charge in [0.25, 0.3) is 5.91 Å². The van der Waals surface area contributed by atoms with Crippen LogP contribution in [0.2, 0.25) is 0 Å². The summed E-state index contributed by atoms with van der Waals surface area (Å²) >= 11 is 0. The van der Waals surface area contributed by atoms with E-state index < -0.39 is 5.91 Å². The minimum absolute atomic E-state index is 0.281. The zero-order chi connectivity index (χ0) is 20.1. The van der Waals surface area contributed by atoms with E-state index in [2.05, 4.69) is 5.10 Å². The Morgan fingerprint density at radius 3 is 2.24 bits per heavy atom. The van der Waals surface area contributed by atoms with Gasteiger partial charge < -0.3 is 4.74 Å². The fourth-order valence-corrected chi connectivity index (χ4v) is 2.98. The number of hydrogen-bond acceptors (Lipinski definition) is 4. The Kier molecular flexibility index (Phi) is 5.36. The first-order valence-corrected chi connectivity index (χ1v) is 9.11. The first-order chi connectivity index (χ1) is 14.2. The Bertz CT molecular complexity index is 1090. The summed E-state index contributed by atoms with van der Waals surface area (Å²) in [5, 5.41) is 13.6. The number of carbonyl (C=O) groups is 1. The lowest BCUT2D eigenvalue weighted by Crippen LogP contribution is -2.18. The van der Waals surface area contributed by atoms with Crippen molar-refractivity contribution in [2.75, 3.05) is 0 Å². The molecule has 0 aliphatic heterocycles. The van der Waals surface area contributed by atoms with Gasteiger partial charge in [0.2, 0.25) is 0 Å². The van der Waals surface area contributed by atoms with Crippen molar-refractivity contribution in [1.82, 2.24) is 15.3 Å². The van der Waals surface area contributed by atoms with Crippen molar-refractivity contribution in [2.45, 2.75) is 6.61 Å². The van der Waals surface area contributed by atoms with E-state index >= 15 is 0 Å². The number of carbonyl (C=O) groups excluding carboxylic acids is 1. The number of hydroxylamine groups is 1. The van der Waals surface area contributed by atoms with E-state index in [0.29, 0.717) is 12.3 Å². The third-order valence-corrected chi connectivity index (χ3v) is 4.46. The summed E-state index contributed by atoms with van der Waals surface area (Å²) in [5.74, 6) is 0.124. The van der Waals surface area contributed by atoms with Crippen LogP contribution in [-0.2, 0) is 6.61 Å². The van der Waals surface area contributed by atoms with Crippen molar-refractivity contribution in [3.05, 3.63) is 102 Å². The van der Waals surface area contributed by atoms with E-state index in [4.69, 9.17) is 9.94 Å². The van der Waals surface area contributed by atoms with E-state index in [0.717, 1.165) is 22.6 Å². The molecule has 0 saturated heterocycles. The van der Waals surface area contributed by atoms with Gasteiger partial charge in [0.15, 0.2) is 0 Å². The second-order valence-electron chi connectivity index (χ2n) is 6.41. The average Bonchev–Trinajstić information content (AvgIpc) is 3.24. The van der Waals surface area contributed by atoms with Crippen LogP contribution in [0.15, 0.2) is 91.1 Å². The molecule has 0 atom stereocenters. The SMILES string of the molecule is O=C(NO)c1cn(-c2ccc(OCc3ccccc3)cc2)nc1-c1ccccc1. The highest BCUT2D eigenvalue weighted by molar-refractivity contribution is 5.99. The van der Waals surface area contributed by atoms with E-state index in [9.17, 15) is 4.79 Å². The van der Waals surface area contributed by atoms with Crippen molar-refractivity contribution in [3.8, 4) is 22.7 Å². The monoisotopic (exact) mass is 385 g/mol. The van der Waals surface area contributed by atoms with E-state index in [1.54, 1.807) is 16.4 Å². The first kappa shape index (κ1) is 18.5. The highest BCUT2D eigenvalue weighted by Gasteiger charge is 2.18. The highest BCUT2D eigenvalue weighted by Crippen LogP contribution is 2.24. The van der Waals surface area contributed by atoms with Crippen LogP contribution >= 0.6 is 0 Å². The maximum atomic E-state index is 12.1. The van der Waals surface area contributed by atoms with Crippen LogP contribution in [-0.4, -0.2) is 20.9 Å². The molecule has 144 valence electrons. The molecule has 0 saturated carbocycles. The first-order valence-electron chi connectivity index (χ1n) is 9.11. The number of ether oxygens (including phenoxy) is 1. The molecule has 0 radical (unpaired) electrons. The summed E-state index contributed by atoms with van der Waals surface area (Å²) in [7, 11) is 0. The fourth-order valence-electron chi connectivity index (χ4n) is 2.98. The van der Waals surface area contributed by atoms with Crippen molar-refractivity contribution in [2.24, 2.45) is 0 Å². The predicted molar refractivity (Wildman–Crippen MR) is 109 cm³/mol. The Hall–Kier alpha value is -3.90. The van der Waals surface area contributed by atoms with Crippen molar-refractivity contribution >= 4 is 5.91 Å². The fraction of sp³-hybridized carbons (Fsp3) is 0.0435. The minimum atomic E-state index is -0.613. The molecule has 2 N–H and O–H groups in total. The van der Waals surface area contributed by atoms with Gasteiger partial charge in [-0.2, -0.15) is 5.10 Å². The molecule has 3 aromatic carbocycles. The van der Waals surface area contributed by atoms with Gasteiger partial charge in [-0.3, -0.25) is 10.0 Å². The molecular weight excluding hydrogens is 366 g/mol. The van der Waals surface area contributed by atoms with Gasteiger partial charge in [-0.05, 0) is 29.8 Å². The van der Waals surface area contributed by atoms with Crippen molar-refractivity contribution < 1.29 is 14.7 Å². The van der Waals surface area contributed by atoms with Gasteiger partial charge in [0.1, 0.15) is 18.1 Å². The summed E-state index contributed by atoms with van der Waals surface area (Å²) in [5.41, 5.74) is 5.10. The van der Waals surface area contributed by atoms with Crippen molar-refractivity contribution in [1.29, 1.82) is 0 Å². The molecule has 0 unspecified atom stereocenters. The predicted octanol–water partition coefficient (Wildman–Crippen LogP) is 4.24. The molecule has 1 amide bonds. The molecule has 1 heterocycles. The second kappa shape index (κ2) is 8.41. The second-order valence-corrected chi connectivity index (χ2v) is 6.41. The molecule has 4 aromatic rings. The maximum absolute atomic E-state index is 12.1. The van der Waals surface area contributed by atoms with Crippen molar-refractivity contribution in [3.63, 3.8) is 0 Å². The zero-order valence-electron chi connectivity index (χ0n) is 15.5. The smallest absolute Gasteiger partial charge is 0.278 e. The summed E-state index contributed by atoms with van der Waals surface area (Å²) < 4.78 is 7.42. The lowest BCUT2D eigenvalue weighted by atomic mass is 10.1. The Labute approximate surface area is 168 Å². The van der Waals surface area contributed by atoms with Gasteiger partial charge in [0.05, 0.1) is 11.3 Å². The number of amides is 1. The Morgan fingerprint density at radius 1 is 0.931 bits per heavy atom. The summed E-state index contributed by atoms with van der Waals surface area (Å²) in [6.45, 7) is 0.487. The molecule has 6 nitrogen and oxygen atoms in total. The van der Waals surface area contributed by atoms with E-state index in [1.165, 1.54) is 0 Å². The summed E-state index contributed by atoms with van der Waals surface area (Å²) in [6.07, 6.45) is 1.59. The van der Waals surface area contributed by atoms with Crippen LogP contribution in [0.25, 0.3) is 16.9 Å². The van der Waals surface area contributed by atoms with Gasteiger partial charge in [-0.25, -0.2) is 10.2 Å². The van der Waals surface area contributed by atoms with Gasteiger partial charge >= 0.3 is 0 Å². The van der Waals surface area contributed by atoms with Crippen LogP contribution in [0.5, 0.6) is 5.75 Å². The molecule has 29 heavy (non-hydrogen) atoms. The largest absolute Gasteiger partial charge is 0.489 e. The minimum Gasteiger partial charge on any atom is -0.489 e. The van der Waals surface area contributed by atoms with Gasteiger partial charge in [-0.1, -0.05) is 60.7 Å². The number of nitrogens with zero attached hydrogens (tertiary/aromatic N) is 2. The lowest BCUT2D eigenvalue weighted by molar-refractivity contribution is 0.0707. The van der Waals surface area contributed by atoms with Gasteiger partial charge in [-0.15, -0.1) is 0 Å². The summed E-state index contributed by atoms with van der Waals surface area (Å²) in [6, 6.07) is 26.7. The molecule has 0 aliphatic rings. The number of nitrogens with one attached hydrogen (secondary N) is 1. The number of hydrogen-bond donors (Lipinski definition) is 2. The quantitative estimate of drug-likeness (QED) is 0.385. The number of rotatable bonds is 6. The number of aromatic nitrogens is 2. The Morgan fingerprint density at radius 2 is 1.59 bits per heavy atom. The standard InChI is InChI=1S/C23H19N3O3/c27-23(25-28)21-15-26(24-22(21)18-9-5-2-6-10-18)19-11-13-20(14-12-19)29-16-17-7-3-1-4-8-17/h1-15,28H,16H2,(H,25,27). The Balaban J connectivity index is 1.58. The zero-order valence-corrected chi connectivity index (χ0v) is 15.5. The molecule has 6 heteroatoms. The van der Waals surface area contributed by atoms with Crippen LogP contribution in [0.4, 0.5) is 0 Å². The van der Waals surface area contributed by atoms with E-state index in [1.807, 2.05) is 84.9 Å². The van der Waals surface area contributed by atoms with Crippen LogP contribution in [0.3, 0.4) is 0 Å². The van der Waals surface area contributed by atoms with Gasteiger partial charge in [0, 0.05) is 11.8 Å². The summed E-state index contributed by atoms with van der Waals surface area (Å²) in [4.78, 5) is 12.1. The molecule has 0 bridgehead atoms. The molecule has 0 spiro atoms. The lowest BCUT2D eigenvalue weighted by Gasteiger charge is -2.07. The molecule has 4 rings (SSSR count). The van der Waals surface area contributed by atoms with Crippen LogP contribution in [0, 0.1) is 0 Å². The molecule has 0 aliphatic carbocycles. The molecule has 1 aromatic heterocycles. The normalized spacial score (nSPS) is 10.5. The third-order valence-electron chi connectivity index (χ3n) is 4.46. The average molecular weight is 385 g/mol. The molecule has 0 fully saturated rings. The van der Waals surface area contributed by atoms with Crippen LogP contribution < -0.4 is 10.2 Å². The maximum Gasteiger partial charge on any atom is 0.278 e.